The number of rotatable bonds is 1. The summed E-state index contributed by atoms with van der Waals surface area (Å²) < 4.78 is 0. The Kier molecular flexibility index (Phi) is 4.04. The molecule has 0 saturated carbocycles. The largest absolute Gasteiger partial charge is 1.00 e. The van der Waals surface area contributed by atoms with Crippen LogP contribution in [0.3, 0.4) is 0 Å². The minimum absolute atomic E-state index is 0. The van der Waals surface area contributed by atoms with Crippen molar-refractivity contribution in [1.29, 1.82) is 0 Å². The molecule has 19 heavy (non-hydrogen) atoms. The van der Waals surface area contributed by atoms with Gasteiger partial charge in [-0.2, -0.15) is 0 Å². The second-order valence-corrected chi connectivity index (χ2v) is 5.16. The molecule has 100 valence electrons. The van der Waals surface area contributed by atoms with Gasteiger partial charge in [0, 0.05) is 23.7 Å². The molecule has 2 aromatic carbocycles. The molecule has 0 bridgehead atoms. The van der Waals surface area contributed by atoms with E-state index in [0.29, 0.717) is 6.17 Å². The fourth-order valence-electron chi connectivity index (χ4n) is 2.62. The van der Waals surface area contributed by atoms with Crippen molar-refractivity contribution in [2.75, 3.05) is 11.9 Å². The predicted octanol–water partition coefficient (Wildman–Crippen LogP) is -0.0121. The number of benzene rings is 2. The van der Waals surface area contributed by atoms with Crippen molar-refractivity contribution in [3.05, 3.63) is 53.6 Å². The fourth-order valence-corrected chi connectivity index (χ4v) is 2.78. The highest BCUT2D eigenvalue weighted by atomic mass is 35.5. The Hall–Kier alpha value is -1.22. The average molecular weight is 295 g/mol. The standard InChI is InChI=1S/C15H15ClN2.ClH/c1-11-17(2)14-9-8-12(16)10-15(14)18(11)13-6-4-3-5-7-13;/h3-11H,1-2H3;1H. The van der Waals surface area contributed by atoms with E-state index in [1.165, 1.54) is 22.0 Å². The van der Waals surface area contributed by atoms with Crippen LogP contribution in [0.25, 0.3) is 0 Å². The van der Waals surface area contributed by atoms with Gasteiger partial charge in [-0.3, -0.25) is 9.80 Å². The average Bonchev–Trinajstić information content (AvgIpc) is 2.63. The van der Waals surface area contributed by atoms with Crippen LogP contribution in [0.5, 0.6) is 0 Å². The highest BCUT2D eigenvalue weighted by molar-refractivity contribution is 6.31. The van der Waals surface area contributed by atoms with E-state index < -0.39 is 0 Å². The third kappa shape index (κ3) is 2.32. The molecule has 0 aromatic heterocycles. The van der Waals surface area contributed by atoms with Crippen molar-refractivity contribution in [3.8, 4) is 0 Å². The molecule has 2 atom stereocenters. The van der Waals surface area contributed by atoms with Crippen molar-refractivity contribution in [1.82, 2.24) is 0 Å². The van der Waals surface area contributed by atoms with Crippen LogP contribution in [0.4, 0.5) is 17.1 Å². The first kappa shape index (κ1) is 14.2. The van der Waals surface area contributed by atoms with Crippen LogP contribution in [0.2, 0.25) is 5.02 Å². The predicted molar refractivity (Wildman–Crippen MR) is 76.0 cm³/mol. The molecule has 0 radical (unpaired) electrons. The van der Waals surface area contributed by atoms with Gasteiger partial charge in [-0.05, 0) is 24.3 Å². The zero-order valence-corrected chi connectivity index (χ0v) is 12.4. The Bertz CT molecular complexity index is 572. The number of anilines is 2. The Balaban J connectivity index is 0.00000133. The zero-order valence-electron chi connectivity index (χ0n) is 10.9. The van der Waals surface area contributed by atoms with Crippen molar-refractivity contribution in [2.45, 2.75) is 13.1 Å². The summed E-state index contributed by atoms with van der Waals surface area (Å²) in [7, 11) is 2.19. The number of hydrogen-bond acceptors (Lipinski definition) is 1. The maximum atomic E-state index is 6.14. The molecule has 1 aliphatic rings. The second kappa shape index (κ2) is 5.41. The first-order valence-corrected chi connectivity index (χ1v) is 6.54. The van der Waals surface area contributed by atoms with E-state index >= 15 is 0 Å². The lowest BCUT2D eigenvalue weighted by atomic mass is 10.2. The maximum absolute atomic E-state index is 6.14. The lowest BCUT2D eigenvalue weighted by molar-refractivity contribution is -0.828. The molecule has 2 aromatic rings. The van der Waals surface area contributed by atoms with E-state index in [1.807, 2.05) is 12.1 Å². The zero-order chi connectivity index (χ0) is 12.7. The molecule has 1 aliphatic heterocycles. The normalized spacial score (nSPS) is 20.9. The van der Waals surface area contributed by atoms with Gasteiger partial charge in [0.2, 0.25) is 0 Å². The summed E-state index contributed by atoms with van der Waals surface area (Å²) in [5.41, 5.74) is 3.72. The first-order valence-electron chi connectivity index (χ1n) is 6.16. The number of fused-ring (bicyclic) bond motifs is 1. The van der Waals surface area contributed by atoms with Crippen LogP contribution in [-0.4, -0.2) is 13.2 Å². The van der Waals surface area contributed by atoms with Crippen molar-refractivity contribution in [2.24, 2.45) is 0 Å². The molecular formula is C15H16Cl2N2. The molecule has 0 aliphatic carbocycles. The first-order chi connectivity index (χ1) is 8.68. The molecule has 0 fully saturated rings. The van der Waals surface area contributed by atoms with Crippen LogP contribution in [-0.2, 0) is 0 Å². The lowest BCUT2D eigenvalue weighted by Gasteiger charge is -2.23. The topological polar surface area (TPSA) is 7.68 Å². The second-order valence-electron chi connectivity index (χ2n) is 4.73. The van der Waals surface area contributed by atoms with Crippen molar-refractivity contribution < 1.29 is 17.3 Å². The summed E-state index contributed by atoms with van der Waals surface area (Å²) >= 11 is 6.14. The quantitative estimate of drug-likeness (QED) is 0.777. The minimum Gasteiger partial charge on any atom is -1.00 e. The van der Waals surface area contributed by atoms with E-state index in [1.54, 1.807) is 0 Å². The summed E-state index contributed by atoms with van der Waals surface area (Å²) in [6, 6.07) is 16.6. The van der Waals surface area contributed by atoms with Crippen LogP contribution in [0.1, 0.15) is 6.92 Å². The van der Waals surface area contributed by atoms with Gasteiger partial charge >= 0.3 is 0 Å². The summed E-state index contributed by atoms with van der Waals surface area (Å²) in [5, 5.41) is 0.789. The van der Waals surface area contributed by atoms with Crippen LogP contribution < -0.4 is 22.2 Å². The molecule has 2 nitrogen and oxygen atoms in total. The van der Waals surface area contributed by atoms with Crippen LogP contribution in [0.15, 0.2) is 48.5 Å². The van der Waals surface area contributed by atoms with Gasteiger partial charge in [-0.1, -0.05) is 29.8 Å². The van der Waals surface area contributed by atoms with Gasteiger partial charge in [-0.15, -0.1) is 0 Å². The Morgan fingerprint density at radius 1 is 1.11 bits per heavy atom. The van der Waals surface area contributed by atoms with Crippen LogP contribution >= 0.6 is 11.6 Å². The Morgan fingerprint density at radius 2 is 1.79 bits per heavy atom. The smallest absolute Gasteiger partial charge is 0.169 e. The van der Waals surface area contributed by atoms with Gasteiger partial charge in [0.15, 0.2) is 11.9 Å². The number of halogens is 2. The number of para-hydroxylation sites is 1. The minimum atomic E-state index is 0. The maximum Gasteiger partial charge on any atom is 0.169 e. The molecule has 0 saturated heterocycles. The Morgan fingerprint density at radius 3 is 2.47 bits per heavy atom. The summed E-state index contributed by atoms with van der Waals surface area (Å²) in [4.78, 5) is 3.74. The molecular weight excluding hydrogens is 279 g/mol. The SMILES string of the molecule is CC1N(c2ccccc2)c2cc(Cl)ccc2[NH+]1C.[Cl-]. The third-order valence-electron chi connectivity index (χ3n) is 3.69. The van der Waals surface area contributed by atoms with E-state index in [9.17, 15) is 0 Å². The van der Waals surface area contributed by atoms with Gasteiger partial charge in [0.25, 0.3) is 0 Å². The molecule has 1 heterocycles. The van der Waals surface area contributed by atoms with Gasteiger partial charge in [0.1, 0.15) is 5.69 Å². The van der Waals surface area contributed by atoms with E-state index in [2.05, 4.69) is 55.3 Å². The van der Waals surface area contributed by atoms with Gasteiger partial charge in [0.05, 0.1) is 7.05 Å². The molecule has 0 spiro atoms. The summed E-state index contributed by atoms with van der Waals surface area (Å²) in [5.74, 6) is 0. The molecule has 1 N–H and O–H groups in total. The highest BCUT2D eigenvalue weighted by Crippen LogP contribution is 2.37. The monoisotopic (exact) mass is 294 g/mol. The highest BCUT2D eigenvalue weighted by Gasteiger charge is 2.36. The molecule has 4 heteroatoms. The molecule has 3 rings (SSSR count). The number of quaternary nitrogens is 1. The van der Waals surface area contributed by atoms with E-state index in [4.69, 9.17) is 11.6 Å². The van der Waals surface area contributed by atoms with Crippen molar-refractivity contribution in [3.63, 3.8) is 0 Å². The van der Waals surface area contributed by atoms with E-state index in [0.717, 1.165) is 5.02 Å². The Labute approximate surface area is 125 Å². The number of hydrogen-bond donors (Lipinski definition) is 1. The number of nitrogens with zero attached hydrogens (tertiary/aromatic N) is 1. The summed E-state index contributed by atoms with van der Waals surface area (Å²) in [6.45, 7) is 2.23. The van der Waals surface area contributed by atoms with E-state index in [-0.39, 0.29) is 12.4 Å². The van der Waals surface area contributed by atoms with Gasteiger partial charge in [-0.25, -0.2) is 0 Å². The number of nitrogens with one attached hydrogen (secondary N) is 1. The third-order valence-corrected chi connectivity index (χ3v) is 3.93. The summed E-state index contributed by atoms with van der Waals surface area (Å²) in [6.07, 6.45) is 0.376. The van der Waals surface area contributed by atoms with Crippen molar-refractivity contribution >= 4 is 28.7 Å². The fraction of sp³-hybridized carbons (Fsp3) is 0.200. The van der Waals surface area contributed by atoms with Gasteiger partial charge < -0.3 is 12.4 Å². The lowest BCUT2D eigenvalue weighted by Crippen LogP contribution is -3.07. The molecule has 2 unspecified atom stereocenters. The molecule has 0 amide bonds. The van der Waals surface area contributed by atoms with Crippen LogP contribution in [0, 0.1) is 0 Å².